The molecule has 1 aliphatic heterocycles. The summed E-state index contributed by atoms with van der Waals surface area (Å²) in [5, 5.41) is 4.46. The topological polar surface area (TPSA) is 43.1 Å². The van der Waals surface area contributed by atoms with E-state index in [-0.39, 0.29) is 5.91 Å². The molecule has 25 heavy (non-hydrogen) atoms. The molecule has 2 aromatic rings. The van der Waals surface area contributed by atoms with Crippen molar-refractivity contribution in [1.29, 1.82) is 0 Å². The SMILES string of the molecule is Cc1cnn(C2CCCN(C(=O)c3cc(C)n(CC4CC4)c3C)C2)c1. The number of hydrogen-bond donors (Lipinski definition) is 0. The summed E-state index contributed by atoms with van der Waals surface area (Å²) in [5.74, 6) is 0.999. The second-order valence-electron chi connectivity index (χ2n) is 7.88. The molecule has 1 atom stereocenters. The highest BCUT2D eigenvalue weighted by Crippen LogP contribution is 2.32. The molecule has 1 unspecified atom stereocenters. The third kappa shape index (κ3) is 3.24. The van der Waals surface area contributed by atoms with Crippen LogP contribution < -0.4 is 0 Å². The van der Waals surface area contributed by atoms with Gasteiger partial charge >= 0.3 is 0 Å². The quantitative estimate of drug-likeness (QED) is 0.855. The van der Waals surface area contributed by atoms with Crippen molar-refractivity contribution < 1.29 is 4.79 Å². The second kappa shape index (κ2) is 6.36. The highest BCUT2D eigenvalue weighted by molar-refractivity contribution is 5.95. The van der Waals surface area contributed by atoms with Crippen molar-refractivity contribution in [2.45, 2.75) is 59.0 Å². The Morgan fingerprint density at radius 3 is 2.72 bits per heavy atom. The van der Waals surface area contributed by atoms with Gasteiger partial charge in [0.05, 0.1) is 17.8 Å². The van der Waals surface area contributed by atoms with Crippen LogP contribution >= 0.6 is 0 Å². The zero-order chi connectivity index (χ0) is 17.6. The van der Waals surface area contributed by atoms with Gasteiger partial charge in [-0.2, -0.15) is 5.10 Å². The van der Waals surface area contributed by atoms with E-state index < -0.39 is 0 Å². The summed E-state index contributed by atoms with van der Waals surface area (Å²) in [4.78, 5) is 15.2. The van der Waals surface area contributed by atoms with Gasteiger partial charge in [0.1, 0.15) is 0 Å². The van der Waals surface area contributed by atoms with Gasteiger partial charge in [-0.1, -0.05) is 0 Å². The fourth-order valence-electron chi connectivity index (χ4n) is 4.02. The number of rotatable bonds is 4. The minimum atomic E-state index is 0.184. The van der Waals surface area contributed by atoms with Crippen molar-refractivity contribution in [2.24, 2.45) is 5.92 Å². The minimum Gasteiger partial charge on any atom is -0.348 e. The Labute approximate surface area is 149 Å². The van der Waals surface area contributed by atoms with Crippen LogP contribution in [0.1, 0.15) is 59.0 Å². The Hall–Kier alpha value is -2.04. The predicted molar refractivity (Wildman–Crippen MR) is 97.8 cm³/mol. The van der Waals surface area contributed by atoms with E-state index in [1.165, 1.54) is 24.1 Å². The Morgan fingerprint density at radius 2 is 2.04 bits per heavy atom. The average molecular weight is 340 g/mol. The van der Waals surface area contributed by atoms with Crippen LogP contribution in [-0.2, 0) is 6.54 Å². The number of piperidine rings is 1. The van der Waals surface area contributed by atoms with E-state index in [4.69, 9.17) is 0 Å². The normalized spacial score (nSPS) is 20.9. The lowest BCUT2D eigenvalue weighted by Crippen LogP contribution is -2.41. The van der Waals surface area contributed by atoms with Crippen LogP contribution in [0.5, 0.6) is 0 Å². The molecule has 2 aromatic heterocycles. The molecule has 0 N–H and O–H groups in total. The first kappa shape index (κ1) is 16.4. The Kier molecular flexibility index (Phi) is 4.18. The van der Waals surface area contributed by atoms with Crippen molar-refractivity contribution in [3.63, 3.8) is 0 Å². The largest absolute Gasteiger partial charge is 0.348 e. The molecule has 1 saturated carbocycles. The maximum atomic E-state index is 13.2. The van der Waals surface area contributed by atoms with Crippen LogP contribution in [0, 0.1) is 26.7 Å². The summed E-state index contributed by atoms with van der Waals surface area (Å²) >= 11 is 0. The van der Waals surface area contributed by atoms with Crippen molar-refractivity contribution in [3.05, 3.63) is 41.0 Å². The molecule has 2 aliphatic rings. The fourth-order valence-corrected chi connectivity index (χ4v) is 4.02. The van der Waals surface area contributed by atoms with Crippen molar-refractivity contribution in [3.8, 4) is 0 Å². The van der Waals surface area contributed by atoms with Gasteiger partial charge in [-0.25, -0.2) is 0 Å². The zero-order valence-corrected chi connectivity index (χ0v) is 15.5. The van der Waals surface area contributed by atoms with Crippen LogP contribution in [0.2, 0.25) is 0 Å². The van der Waals surface area contributed by atoms with Crippen molar-refractivity contribution >= 4 is 5.91 Å². The van der Waals surface area contributed by atoms with E-state index in [2.05, 4.69) is 42.7 Å². The van der Waals surface area contributed by atoms with Crippen LogP contribution in [0.3, 0.4) is 0 Å². The second-order valence-corrected chi connectivity index (χ2v) is 7.88. The van der Waals surface area contributed by atoms with Gasteiger partial charge in [-0.3, -0.25) is 9.48 Å². The lowest BCUT2D eigenvalue weighted by molar-refractivity contribution is 0.0672. The number of carbonyl (C=O) groups excluding carboxylic acids is 1. The number of hydrogen-bond acceptors (Lipinski definition) is 2. The number of aryl methyl sites for hydroxylation is 2. The molecular weight excluding hydrogens is 312 g/mol. The molecule has 0 bridgehead atoms. The van der Waals surface area contributed by atoms with E-state index in [0.717, 1.165) is 49.7 Å². The molecular formula is C20H28N4O. The van der Waals surface area contributed by atoms with Gasteiger partial charge in [0.15, 0.2) is 0 Å². The smallest absolute Gasteiger partial charge is 0.255 e. The van der Waals surface area contributed by atoms with E-state index in [1.807, 2.05) is 15.8 Å². The predicted octanol–water partition coefficient (Wildman–Crippen LogP) is 3.50. The number of amides is 1. The van der Waals surface area contributed by atoms with Gasteiger partial charge in [0.25, 0.3) is 5.91 Å². The van der Waals surface area contributed by atoms with Crippen LogP contribution in [0.15, 0.2) is 18.5 Å². The first-order valence-corrected chi connectivity index (χ1v) is 9.49. The van der Waals surface area contributed by atoms with Crippen LogP contribution in [0.25, 0.3) is 0 Å². The average Bonchev–Trinajstić information content (AvgIpc) is 3.27. The molecule has 0 spiro atoms. The van der Waals surface area contributed by atoms with Crippen molar-refractivity contribution in [2.75, 3.05) is 13.1 Å². The monoisotopic (exact) mass is 340 g/mol. The van der Waals surface area contributed by atoms with Gasteiger partial charge in [0.2, 0.25) is 0 Å². The summed E-state index contributed by atoms with van der Waals surface area (Å²) in [6.45, 7) is 8.96. The summed E-state index contributed by atoms with van der Waals surface area (Å²) in [7, 11) is 0. The van der Waals surface area contributed by atoms with E-state index in [0.29, 0.717) is 6.04 Å². The lowest BCUT2D eigenvalue weighted by Gasteiger charge is -2.33. The third-order valence-electron chi connectivity index (χ3n) is 5.73. The summed E-state index contributed by atoms with van der Waals surface area (Å²) in [6.07, 6.45) is 8.77. The first-order valence-electron chi connectivity index (χ1n) is 9.49. The number of aromatic nitrogens is 3. The maximum absolute atomic E-state index is 13.2. The molecule has 3 heterocycles. The fraction of sp³-hybridized carbons (Fsp3) is 0.600. The molecule has 1 amide bonds. The number of carbonyl (C=O) groups is 1. The van der Waals surface area contributed by atoms with Crippen LogP contribution in [0.4, 0.5) is 0 Å². The standard InChI is InChI=1S/C20H28N4O/c1-14-10-21-24(11-14)18-5-4-8-22(13-18)20(25)19-9-15(2)23(16(19)3)12-17-6-7-17/h9-11,17-18H,4-8,12-13H2,1-3H3. The molecule has 2 fully saturated rings. The number of likely N-dealkylation sites (tertiary alicyclic amines) is 1. The zero-order valence-electron chi connectivity index (χ0n) is 15.5. The van der Waals surface area contributed by atoms with Crippen molar-refractivity contribution in [1.82, 2.24) is 19.2 Å². The third-order valence-corrected chi connectivity index (χ3v) is 5.73. The Balaban J connectivity index is 1.52. The van der Waals surface area contributed by atoms with Gasteiger partial charge in [-0.15, -0.1) is 0 Å². The molecule has 1 aliphatic carbocycles. The van der Waals surface area contributed by atoms with E-state index in [1.54, 1.807) is 0 Å². The molecule has 0 radical (unpaired) electrons. The van der Waals surface area contributed by atoms with Gasteiger partial charge < -0.3 is 9.47 Å². The molecule has 4 rings (SSSR count). The summed E-state index contributed by atoms with van der Waals surface area (Å²) in [5.41, 5.74) is 4.40. The van der Waals surface area contributed by atoms with Gasteiger partial charge in [-0.05, 0) is 64.0 Å². The molecule has 1 saturated heterocycles. The minimum absolute atomic E-state index is 0.184. The number of nitrogens with zero attached hydrogens (tertiary/aromatic N) is 4. The highest BCUT2D eigenvalue weighted by Gasteiger charge is 2.29. The molecule has 134 valence electrons. The Bertz CT molecular complexity index is 784. The van der Waals surface area contributed by atoms with E-state index in [9.17, 15) is 4.79 Å². The maximum Gasteiger partial charge on any atom is 0.255 e. The highest BCUT2D eigenvalue weighted by atomic mass is 16.2. The van der Waals surface area contributed by atoms with Gasteiger partial charge in [0, 0.05) is 37.2 Å². The Morgan fingerprint density at radius 1 is 1.24 bits per heavy atom. The summed E-state index contributed by atoms with van der Waals surface area (Å²) < 4.78 is 4.37. The van der Waals surface area contributed by atoms with Crippen LogP contribution in [-0.4, -0.2) is 38.2 Å². The lowest BCUT2D eigenvalue weighted by atomic mass is 10.0. The van der Waals surface area contributed by atoms with E-state index >= 15 is 0 Å². The molecule has 5 nitrogen and oxygen atoms in total. The molecule has 0 aromatic carbocycles. The first-order chi connectivity index (χ1) is 12.0. The summed E-state index contributed by atoms with van der Waals surface area (Å²) in [6, 6.07) is 2.38. The molecule has 5 heteroatoms.